The number of aryl methyl sites for hydroxylation is 1. The van der Waals surface area contributed by atoms with Gasteiger partial charge in [-0.25, -0.2) is 13.2 Å². The van der Waals surface area contributed by atoms with Crippen LogP contribution in [0.2, 0.25) is 0 Å². The molecule has 5 nitrogen and oxygen atoms in total. The average molecular weight is 338 g/mol. The second-order valence-electron chi connectivity index (χ2n) is 4.99. The van der Waals surface area contributed by atoms with Gasteiger partial charge in [0.2, 0.25) is 0 Å². The summed E-state index contributed by atoms with van der Waals surface area (Å²) in [5.74, 6) is 0. The number of carbonyl (C=O) groups is 1. The van der Waals surface area contributed by atoms with Gasteiger partial charge in [-0.3, -0.25) is 0 Å². The van der Waals surface area contributed by atoms with E-state index in [1.807, 2.05) is 17.5 Å². The maximum atomic E-state index is 11.7. The number of benzene rings is 1. The fourth-order valence-corrected chi connectivity index (χ4v) is 3.67. The number of sulfone groups is 1. The van der Waals surface area contributed by atoms with Gasteiger partial charge in [0.05, 0.1) is 11.4 Å². The Morgan fingerprint density at radius 2 is 1.91 bits per heavy atom. The number of hydrogen-bond acceptors (Lipinski definition) is 4. The van der Waals surface area contributed by atoms with Crippen LogP contribution in [0.1, 0.15) is 16.0 Å². The van der Waals surface area contributed by atoms with Crippen LogP contribution >= 0.6 is 11.3 Å². The predicted molar refractivity (Wildman–Crippen MR) is 87.7 cm³/mol. The highest BCUT2D eigenvalue weighted by Gasteiger charge is 2.11. The third-order valence-electron chi connectivity index (χ3n) is 3.10. The van der Waals surface area contributed by atoms with Crippen molar-refractivity contribution in [2.45, 2.75) is 24.9 Å². The van der Waals surface area contributed by atoms with Crippen LogP contribution in [0.25, 0.3) is 0 Å². The highest BCUT2D eigenvalue weighted by molar-refractivity contribution is 7.90. The molecule has 2 amide bonds. The minimum absolute atomic E-state index is 0.252. The van der Waals surface area contributed by atoms with E-state index in [0.29, 0.717) is 23.5 Å². The number of amides is 2. The molecule has 0 spiro atoms. The van der Waals surface area contributed by atoms with Crippen LogP contribution < -0.4 is 10.6 Å². The summed E-state index contributed by atoms with van der Waals surface area (Å²) in [6, 6.07) is 8.70. The van der Waals surface area contributed by atoms with Gasteiger partial charge >= 0.3 is 6.03 Å². The van der Waals surface area contributed by atoms with E-state index in [2.05, 4.69) is 10.6 Å². The zero-order chi connectivity index (χ0) is 16.2. The van der Waals surface area contributed by atoms with Crippen LogP contribution in [-0.4, -0.2) is 20.7 Å². The largest absolute Gasteiger partial charge is 0.334 e. The molecular weight excluding hydrogens is 320 g/mol. The van der Waals surface area contributed by atoms with E-state index in [1.165, 1.54) is 6.26 Å². The van der Waals surface area contributed by atoms with Crippen molar-refractivity contribution < 1.29 is 13.2 Å². The fourth-order valence-electron chi connectivity index (χ4n) is 2.06. The first-order chi connectivity index (χ1) is 10.4. The van der Waals surface area contributed by atoms with E-state index in [-0.39, 0.29) is 6.03 Å². The van der Waals surface area contributed by atoms with Crippen LogP contribution in [0, 0.1) is 6.92 Å². The lowest BCUT2D eigenvalue weighted by atomic mass is 10.1. The molecule has 118 valence electrons. The molecule has 0 radical (unpaired) electrons. The minimum atomic E-state index is -3.21. The van der Waals surface area contributed by atoms with Gasteiger partial charge in [0.1, 0.15) is 0 Å². The van der Waals surface area contributed by atoms with Gasteiger partial charge in [-0.05, 0) is 35.6 Å². The van der Waals surface area contributed by atoms with Crippen LogP contribution in [-0.2, 0) is 22.9 Å². The standard InChI is InChI=1S/C15H18N2O3S2/c1-11-8-12(5-6-14(11)22(2,19)20)9-16-15(18)17-10-13-4-3-7-21-13/h3-8H,9-10H2,1-2H3,(H2,16,17,18). The molecule has 0 fully saturated rings. The number of rotatable bonds is 5. The first-order valence-corrected chi connectivity index (χ1v) is 9.47. The third-order valence-corrected chi connectivity index (χ3v) is 5.23. The Morgan fingerprint density at radius 1 is 1.18 bits per heavy atom. The Morgan fingerprint density at radius 3 is 2.50 bits per heavy atom. The van der Waals surface area contributed by atoms with Gasteiger partial charge < -0.3 is 10.6 Å². The zero-order valence-corrected chi connectivity index (χ0v) is 14.1. The Hall–Kier alpha value is -1.86. The molecule has 0 saturated carbocycles. The molecule has 0 bridgehead atoms. The molecule has 1 aromatic carbocycles. The topological polar surface area (TPSA) is 75.3 Å². The second-order valence-corrected chi connectivity index (χ2v) is 8.00. The molecule has 2 aromatic rings. The van der Waals surface area contributed by atoms with Crippen LogP contribution in [0.3, 0.4) is 0 Å². The summed E-state index contributed by atoms with van der Waals surface area (Å²) in [6.07, 6.45) is 1.19. The third kappa shape index (κ3) is 4.57. The highest BCUT2D eigenvalue weighted by Crippen LogP contribution is 2.16. The molecule has 7 heteroatoms. The van der Waals surface area contributed by atoms with Gasteiger partial charge in [-0.2, -0.15) is 0 Å². The van der Waals surface area contributed by atoms with Gasteiger partial charge in [0.25, 0.3) is 0 Å². The molecule has 0 saturated heterocycles. The molecule has 0 aliphatic carbocycles. The smallest absolute Gasteiger partial charge is 0.315 e. The zero-order valence-electron chi connectivity index (χ0n) is 12.4. The summed E-state index contributed by atoms with van der Waals surface area (Å²) in [4.78, 5) is 13.1. The average Bonchev–Trinajstić information content (AvgIpc) is 2.94. The van der Waals surface area contributed by atoms with Crippen LogP contribution in [0.15, 0.2) is 40.6 Å². The summed E-state index contributed by atoms with van der Waals surface area (Å²) in [5, 5.41) is 7.48. The molecule has 2 rings (SSSR count). The molecule has 1 aromatic heterocycles. The van der Waals surface area contributed by atoms with Crippen molar-refractivity contribution in [2.24, 2.45) is 0 Å². The van der Waals surface area contributed by atoms with Gasteiger partial charge in [0.15, 0.2) is 9.84 Å². The molecule has 22 heavy (non-hydrogen) atoms. The molecule has 0 atom stereocenters. The molecule has 0 aliphatic heterocycles. The fraction of sp³-hybridized carbons (Fsp3) is 0.267. The molecule has 2 N–H and O–H groups in total. The van der Waals surface area contributed by atoms with Gasteiger partial charge in [0, 0.05) is 17.7 Å². The van der Waals surface area contributed by atoms with Crippen molar-refractivity contribution >= 4 is 27.2 Å². The van der Waals surface area contributed by atoms with E-state index in [0.717, 1.165) is 10.4 Å². The van der Waals surface area contributed by atoms with Crippen molar-refractivity contribution in [2.75, 3.05) is 6.26 Å². The molecular formula is C15H18N2O3S2. The normalized spacial score (nSPS) is 11.2. The van der Waals surface area contributed by atoms with E-state index in [1.54, 1.807) is 36.5 Å². The molecule has 1 heterocycles. The number of thiophene rings is 1. The van der Waals surface area contributed by atoms with E-state index < -0.39 is 9.84 Å². The number of nitrogens with one attached hydrogen (secondary N) is 2. The maximum absolute atomic E-state index is 11.7. The van der Waals surface area contributed by atoms with Crippen molar-refractivity contribution in [1.82, 2.24) is 10.6 Å². The van der Waals surface area contributed by atoms with E-state index >= 15 is 0 Å². The quantitative estimate of drug-likeness (QED) is 0.879. The van der Waals surface area contributed by atoms with Crippen molar-refractivity contribution in [3.63, 3.8) is 0 Å². The highest BCUT2D eigenvalue weighted by atomic mass is 32.2. The lowest BCUT2D eigenvalue weighted by Gasteiger charge is -2.09. The first-order valence-electron chi connectivity index (χ1n) is 6.70. The Labute approximate surface area is 134 Å². The Kier molecular flexibility index (Phi) is 5.20. The minimum Gasteiger partial charge on any atom is -0.334 e. The first kappa shape index (κ1) is 16.5. The van der Waals surface area contributed by atoms with Crippen molar-refractivity contribution in [1.29, 1.82) is 0 Å². The summed E-state index contributed by atoms with van der Waals surface area (Å²) >= 11 is 1.59. The number of urea groups is 1. The Bertz CT molecular complexity index is 753. The summed E-state index contributed by atoms with van der Waals surface area (Å²) < 4.78 is 23.1. The van der Waals surface area contributed by atoms with Crippen molar-refractivity contribution in [3.05, 3.63) is 51.7 Å². The summed E-state index contributed by atoms with van der Waals surface area (Å²) in [6.45, 7) is 2.59. The lowest BCUT2D eigenvalue weighted by Crippen LogP contribution is -2.34. The van der Waals surface area contributed by atoms with Crippen molar-refractivity contribution in [3.8, 4) is 0 Å². The van der Waals surface area contributed by atoms with Gasteiger partial charge in [-0.15, -0.1) is 11.3 Å². The summed E-state index contributed by atoms with van der Waals surface area (Å²) in [7, 11) is -3.21. The van der Waals surface area contributed by atoms with E-state index in [4.69, 9.17) is 0 Å². The monoisotopic (exact) mass is 338 g/mol. The molecule has 0 unspecified atom stereocenters. The van der Waals surface area contributed by atoms with E-state index in [9.17, 15) is 13.2 Å². The Balaban J connectivity index is 1.89. The SMILES string of the molecule is Cc1cc(CNC(=O)NCc2cccs2)ccc1S(C)(=O)=O. The molecule has 0 aliphatic rings. The number of carbonyl (C=O) groups excluding carboxylic acids is 1. The second kappa shape index (κ2) is 6.93. The van der Waals surface area contributed by atoms with Crippen LogP contribution in [0.5, 0.6) is 0 Å². The van der Waals surface area contributed by atoms with Crippen LogP contribution in [0.4, 0.5) is 4.79 Å². The lowest BCUT2D eigenvalue weighted by molar-refractivity contribution is 0.240. The predicted octanol–water partition coefficient (Wildman–Crippen LogP) is 2.46. The maximum Gasteiger partial charge on any atom is 0.315 e. The summed E-state index contributed by atoms with van der Waals surface area (Å²) in [5.41, 5.74) is 1.54. The van der Waals surface area contributed by atoms with Gasteiger partial charge in [-0.1, -0.05) is 18.2 Å². The number of hydrogen-bond donors (Lipinski definition) is 2.